The number of ether oxygens (including phenoxy) is 3. The monoisotopic (exact) mass is 501 g/mol. The van der Waals surface area contributed by atoms with E-state index in [1.807, 2.05) is 20.8 Å². The molecule has 1 N–H and O–H groups in total. The van der Waals surface area contributed by atoms with Crippen molar-refractivity contribution in [1.82, 2.24) is 5.32 Å². The van der Waals surface area contributed by atoms with Crippen LogP contribution < -0.4 is 5.32 Å². The molecule has 3 fully saturated rings. The molecule has 6 heteroatoms. The standard InChI is InChI=1S/C30H47NO5/c1-21(9-16-25-18-30(20-34-30)19-29(6,7)36-25)8-11-23-12-14-24(15-13-23)31-26(32)17-10-22(2)35-27(33)28(3,4)5/h8-10,16-17,22-25H,11-15,18-20H2,1-7H3,(H,31,32)/t22-,23?,24?,25+,30+/m0/s1. The van der Waals surface area contributed by atoms with Crippen LogP contribution in [-0.2, 0) is 23.8 Å². The predicted molar refractivity (Wildman–Crippen MR) is 142 cm³/mol. The average molecular weight is 502 g/mol. The summed E-state index contributed by atoms with van der Waals surface area (Å²) in [6.45, 7) is 14.5. The Morgan fingerprint density at radius 2 is 1.81 bits per heavy atom. The third-order valence-electron chi connectivity index (χ3n) is 7.31. The van der Waals surface area contributed by atoms with Gasteiger partial charge in [0.25, 0.3) is 0 Å². The minimum Gasteiger partial charge on any atom is -0.458 e. The summed E-state index contributed by atoms with van der Waals surface area (Å²) in [4.78, 5) is 24.3. The minimum absolute atomic E-state index is 0.0511. The Bertz CT molecular complexity index is 860. The van der Waals surface area contributed by atoms with Crippen molar-refractivity contribution in [1.29, 1.82) is 0 Å². The number of epoxide rings is 1. The molecule has 3 rings (SSSR count). The number of carbonyl (C=O) groups is 2. The Labute approximate surface area is 217 Å². The Hall–Kier alpha value is -1.92. The van der Waals surface area contributed by atoms with Gasteiger partial charge in [0.05, 0.1) is 29.3 Å². The predicted octanol–water partition coefficient (Wildman–Crippen LogP) is 5.81. The summed E-state index contributed by atoms with van der Waals surface area (Å²) in [5, 5.41) is 3.10. The molecule has 6 nitrogen and oxygen atoms in total. The van der Waals surface area contributed by atoms with Gasteiger partial charge in [-0.3, -0.25) is 9.59 Å². The van der Waals surface area contributed by atoms with Gasteiger partial charge in [-0.1, -0.05) is 23.8 Å². The second-order valence-electron chi connectivity index (χ2n) is 12.8. The molecule has 0 radical (unpaired) electrons. The molecule has 0 aromatic heterocycles. The molecule has 202 valence electrons. The summed E-state index contributed by atoms with van der Waals surface area (Å²) >= 11 is 0. The molecule has 0 aromatic rings. The summed E-state index contributed by atoms with van der Waals surface area (Å²) in [7, 11) is 0. The minimum atomic E-state index is -0.553. The number of carbonyl (C=O) groups excluding carboxylic acids is 2. The SMILES string of the molecule is CC(C=C[C@@H]1C[C@]2(CO2)CC(C)(C)O1)=CCC1CCC(NC(=O)C=C[C@H](C)OC(=O)C(C)(C)C)CC1. The Morgan fingerprint density at radius 1 is 1.14 bits per heavy atom. The van der Waals surface area contributed by atoms with E-state index in [1.54, 1.807) is 13.0 Å². The van der Waals surface area contributed by atoms with Gasteiger partial charge in [-0.25, -0.2) is 0 Å². The molecule has 2 heterocycles. The second-order valence-corrected chi connectivity index (χ2v) is 12.8. The molecule has 36 heavy (non-hydrogen) atoms. The van der Waals surface area contributed by atoms with Gasteiger partial charge in [0.2, 0.25) is 5.91 Å². The fourth-order valence-electron chi connectivity index (χ4n) is 5.22. The van der Waals surface area contributed by atoms with E-state index in [2.05, 4.69) is 44.3 Å². The number of hydrogen-bond acceptors (Lipinski definition) is 5. The quantitative estimate of drug-likeness (QED) is 0.196. The average Bonchev–Trinajstić information content (AvgIpc) is 3.51. The molecular weight excluding hydrogens is 454 g/mol. The highest BCUT2D eigenvalue weighted by molar-refractivity contribution is 5.87. The van der Waals surface area contributed by atoms with E-state index in [4.69, 9.17) is 14.2 Å². The van der Waals surface area contributed by atoms with E-state index >= 15 is 0 Å². The van der Waals surface area contributed by atoms with Gasteiger partial charge in [0.1, 0.15) is 6.10 Å². The largest absolute Gasteiger partial charge is 0.458 e. The lowest BCUT2D eigenvalue weighted by Crippen LogP contribution is -2.43. The van der Waals surface area contributed by atoms with E-state index < -0.39 is 11.5 Å². The third kappa shape index (κ3) is 9.19. The van der Waals surface area contributed by atoms with Crippen LogP contribution in [0.2, 0.25) is 0 Å². The van der Waals surface area contributed by atoms with Crippen molar-refractivity contribution in [3.05, 3.63) is 36.0 Å². The lowest BCUT2D eigenvalue weighted by atomic mass is 9.83. The maximum absolute atomic E-state index is 12.3. The fraction of sp³-hybridized carbons (Fsp3) is 0.733. The van der Waals surface area contributed by atoms with Crippen LogP contribution in [0.5, 0.6) is 0 Å². The number of rotatable bonds is 8. The first-order valence-corrected chi connectivity index (χ1v) is 13.6. The summed E-state index contributed by atoms with van der Waals surface area (Å²) in [5.41, 5.74) is 0.635. The Balaban J connectivity index is 1.35. The maximum Gasteiger partial charge on any atom is 0.311 e. The van der Waals surface area contributed by atoms with Crippen LogP contribution in [0.25, 0.3) is 0 Å². The molecule has 0 unspecified atom stereocenters. The summed E-state index contributed by atoms with van der Waals surface area (Å²) < 4.78 is 17.3. The van der Waals surface area contributed by atoms with Gasteiger partial charge in [-0.15, -0.1) is 0 Å². The smallest absolute Gasteiger partial charge is 0.311 e. The van der Waals surface area contributed by atoms with Crippen molar-refractivity contribution in [2.45, 2.75) is 123 Å². The van der Waals surface area contributed by atoms with Crippen molar-refractivity contribution in [3.63, 3.8) is 0 Å². The zero-order valence-corrected chi connectivity index (χ0v) is 23.4. The van der Waals surface area contributed by atoms with Crippen LogP contribution in [0.4, 0.5) is 0 Å². The summed E-state index contributed by atoms with van der Waals surface area (Å²) in [5.74, 6) is 0.261. The Kier molecular flexibility index (Phi) is 9.26. The van der Waals surface area contributed by atoms with Gasteiger partial charge < -0.3 is 19.5 Å². The van der Waals surface area contributed by atoms with Crippen molar-refractivity contribution in [2.75, 3.05) is 6.61 Å². The van der Waals surface area contributed by atoms with Crippen molar-refractivity contribution in [3.8, 4) is 0 Å². The van der Waals surface area contributed by atoms with Crippen LogP contribution in [0.15, 0.2) is 36.0 Å². The number of hydrogen-bond donors (Lipinski definition) is 1. The van der Waals surface area contributed by atoms with Crippen molar-refractivity contribution < 1.29 is 23.8 Å². The van der Waals surface area contributed by atoms with Gasteiger partial charge >= 0.3 is 5.97 Å². The second kappa shape index (κ2) is 11.6. The highest BCUT2D eigenvalue weighted by Gasteiger charge is 2.53. The number of allylic oxidation sites excluding steroid dienone is 3. The first-order chi connectivity index (χ1) is 16.8. The first-order valence-electron chi connectivity index (χ1n) is 13.6. The molecular formula is C30H47NO5. The van der Waals surface area contributed by atoms with Gasteiger partial charge in [-0.05, 0) is 92.6 Å². The zero-order valence-electron chi connectivity index (χ0n) is 23.4. The van der Waals surface area contributed by atoms with Crippen LogP contribution >= 0.6 is 0 Å². The molecule has 3 atom stereocenters. The number of nitrogens with one attached hydrogen (secondary N) is 1. The van der Waals surface area contributed by atoms with Crippen molar-refractivity contribution >= 4 is 11.9 Å². The molecule has 2 aliphatic heterocycles. The molecule has 0 aromatic carbocycles. The molecule has 2 saturated heterocycles. The van der Waals surface area contributed by atoms with Crippen LogP contribution in [-0.4, -0.2) is 47.9 Å². The fourth-order valence-corrected chi connectivity index (χ4v) is 5.22. The van der Waals surface area contributed by atoms with Gasteiger partial charge in [0.15, 0.2) is 0 Å². The lowest BCUT2D eigenvalue weighted by Gasteiger charge is -2.38. The van der Waals surface area contributed by atoms with Crippen LogP contribution in [0.3, 0.4) is 0 Å². The van der Waals surface area contributed by atoms with Gasteiger partial charge in [0, 0.05) is 25.0 Å². The zero-order chi connectivity index (χ0) is 26.6. The van der Waals surface area contributed by atoms with Gasteiger partial charge in [-0.2, -0.15) is 0 Å². The van der Waals surface area contributed by atoms with E-state index in [9.17, 15) is 9.59 Å². The van der Waals surface area contributed by atoms with E-state index in [0.29, 0.717) is 5.92 Å². The van der Waals surface area contributed by atoms with Crippen molar-refractivity contribution in [2.24, 2.45) is 11.3 Å². The van der Waals surface area contributed by atoms with Crippen LogP contribution in [0, 0.1) is 11.3 Å². The molecule has 3 aliphatic rings. The first kappa shape index (κ1) is 28.6. The van der Waals surface area contributed by atoms with E-state index in [0.717, 1.165) is 51.6 Å². The topological polar surface area (TPSA) is 77.2 Å². The van der Waals surface area contributed by atoms with E-state index in [-0.39, 0.29) is 35.2 Å². The molecule has 1 amide bonds. The summed E-state index contributed by atoms with van der Waals surface area (Å²) in [6.07, 6.45) is 16.7. The maximum atomic E-state index is 12.3. The highest BCUT2D eigenvalue weighted by atomic mass is 16.6. The molecule has 0 bridgehead atoms. The lowest BCUT2D eigenvalue weighted by molar-refractivity contribution is -0.155. The Morgan fingerprint density at radius 3 is 2.42 bits per heavy atom. The highest BCUT2D eigenvalue weighted by Crippen LogP contribution is 2.46. The summed E-state index contributed by atoms with van der Waals surface area (Å²) in [6, 6.07) is 0.208. The number of esters is 1. The normalized spacial score (nSPS) is 31.5. The third-order valence-corrected chi connectivity index (χ3v) is 7.31. The molecule has 1 spiro atoms. The number of amides is 1. The van der Waals surface area contributed by atoms with Crippen LogP contribution in [0.1, 0.15) is 93.4 Å². The van der Waals surface area contributed by atoms with E-state index in [1.165, 1.54) is 11.6 Å². The molecule has 1 saturated carbocycles. The molecule has 1 aliphatic carbocycles.